The van der Waals surface area contributed by atoms with E-state index in [9.17, 15) is 9.59 Å². The van der Waals surface area contributed by atoms with Crippen molar-refractivity contribution >= 4 is 28.3 Å². The lowest BCUT2D eigenvalue weighted by molar-refractivity contribution is -0.122. The number of hydrogen-bond donors (Lipinski definition) is 3. The minimum Gasteiger partial charge on any atom is -0.383 e. The number of amides is 2. The van der Waals surface area contributed by atoms with Gasteiger partial charge in [0.25, 0.3) is 5.91 Å². The summed E-state index contributed by atoms with van der Waals surface area (Å²) in [7, 11) is 1.55. The lowest BCUT2D eigenvalue weighted by Crippen LogP contribution is -2.45. The number of hydrogen-bond acceptors (Lipinski definition) is 6. The maximum absolute atomic E-state index is 11.7. The van der Waals surface area contributed by atoms with Crippen LogP contribution in [-0.2, 0) is 9.53 Å². The molecule has 1 atom stereocenters. The summed E-state index contributed by atoms with van der Waals surface area (Å²) in [6.45, 7) is 2.42. The number of thiazole rings is 1. The molecule has 0 fully saturated rings. The third-order valence-corrected chi connectivity index (χ3v) is 2.77. The standard InChI is InChI=1S/C10H16N4O3S/c1-6(8(15)12-3-4-17-2)13-9(16)7-5-18-10(11)14-7/h5-6H,3-4H2,1-2H3,(H2,11,14)(H,12,15)(H,13,16). The Morgan fingerprint density at radius 3 is 2.89 bits per heavy atom. The van der Waals surface area contributed by atoms with E-state index in [1.807, 2.05) is 0 Å². The molecule has 4 N–H and O–H groups in total. The Labute approximate surface area is 109 Å². The zero-order valence-electron chi connectivity index (χ0n) is 10.2. The molecular formula is C10H16N4O3S. The molecule has 0 saturated carbocycles. The van der Waals surface area contributed by atoms with Crippen molar-refractivity contribution < 1.29 is 14.3 Å². The highest BCUT2D eigenvalue weighted by Crippen LogP contribution is 2.10. The fraction of sp³-hybridized carbons (Fsp3) is 0.500. The first-order valence-electron chi connectivity index (χ1n) is 5.33. The monoisotopic (exact) mass is 272 g/mol. The van der Waals surface area contributed by atoms with Crippen molar-refractivity contribution in [3.63, 3.8) is 0 Å². The molecule has 18 heavy (non-hydrogen) atoms. The smallest absolute Gasteiger partial charge is 0.271 e. The van der Waals surface area contributed by atoms with Crippen molar-refractivity contribution in [2.45, 2.75) is 13.0 Å². The normalized spacial score (nSPS) is 11.9. The number of nitrogens with one attached hydrogen (secondary N) is 2. The number of nitrogen functional groups attached to an aromatic ring is 1. The molecule has 1 aromatic rings. The Morgan fingerprint density at radius 1 is 1.61 bits per heavy atom. The molecule has 0 aliphatic rings. The van der Waals surface area contributed by atoms with E-state index in [2.05, 4.69) is 15.6 Å². The summed E-state index contributed by atoms with van der Waals surface area (Å²) in [5, 5.41) is 7.02. The molecular weight excluding hydrogens is 256 g/mol. The molecule has 2 amide bonds. The van der Waals surface area contributed by atoms with Crippen molar-refractivity contribution in [1.82, 2.24) is 15.6 Å². The summed E-state index contributed by atoms with van der Waals surface area (Å²) < 4.78 is 4.80. The summed E-state index contributed by atoms with van der Waals surface area (Å²) in [6, 6.07) is -0.641. The van der Waals surface area contributed by atoms with E-state index in [1.165, 1.54) is 11.3 Å². The second kappa shape index (κ2) is 6.92. The van der Waals surface area contributed by atoms with E-state index >= 15 is 0 Å². The van der Waals surface area contributed by atoms with E-state index < -0.39 is 11.9 Å². The van der Waals surface area contributed by atoms with Crippen molar-refractivity contribution in [3.8, 4) is 0 Å². The Hall–Kier alpha value is -1.67. The molecule has 0 bridgehead atoms. The van der Waals surface area contributed by atoms with Crippen LogP contribution in [-0.4, -0.2) is 43.1 Å². The molecule has 0 radical (unpaired) electrons. The summed E-state index contributed by atoms with van der Waals surface area (Å²) >= 11 is 1.17. The minimum absolute atomic E-state index is 0.217. The molecule has 7 nitrogen and oxygen atoms in total. The van der Waals surface area contributed by atoms with Crippen LogP contribution in [0.1, 0.15) is 17.4 Å². The second-order valence-corrected chi connectivity index (χ2v) is 4.44. The molecule has 0 aliphatic heterocycles. The highest BCUT2D eigenvalue weighted by atomic mass is 32.1. The number of ether oxygens (including phenoxy) is 1. The first-order valence-corrected chi connectivity index (χ1v) is 6.21. The summed E-state index contributed by atoms with van der Waals surface area (Å²) in [6.07, 6.45) is 0. The van der Waals surface area contributed by atoms with Gasteiger partial charge in [0.15, 0.2) is 5.13 Å². The van der Waals surface area contributed by atoms with E-state index in [-0.39, 0.29) is 11.6 Å². The van der Waals surface area contributed by atoms with Gasteiger partial charge < -0.3 is 21.1 Å². The van der Waals surface area contributed by atoms with Crippen molar-refractivity contribution in [1.29, 1.82) is 0 Å². The maximum Gasteiger partial charge on any atom is 0.271 e. The van der Waals surface area contributed by atoms with E-state index in [1.54, 1.807) is 19.4 Å². The molecule has 0 spiro atoms. The topological polar surface area (TPSA) is 106 Å². The van der Waals surface area contributed by atoms with Crippen LogP contribution in [0, 0.1) is 0 Å². The number of methoxy groups -OCH3 is 1. The predicted octanol–water partition coefficient (Wildman–Crippen LogP) is -0.394. The number of aromatic nitrogens is 1. The highest BCUT2D eigenvalue weighted by Gasteiger charge is 2.17. The lowest BCUT2D eigenvalue weighted by atomic mass is 10.3. The lowest BCUT2D eigenvalue weighted by Gasteiger charge is -2.12. The fourth-order valence-corrected chi connectivity index (χ4v) is 1.70. The van der Waals surface area contributed by atoms with Crippen molar-refractivity contribution in [3.05, 3.63) is 11.1 Å². The number of carbonyl (C=O) groups is 2. The van der Waals surface area contributed by atoms with E-state index in [4.69, 9.17) is 10.5 Å². The first-order chi connectivity index (χ1) is 8.54. The SMILES string of the molecule is COCCNC(=O)C(C)NC(=O)c1csc(N)n1. The quantitative estimate of drug-likeness (QED) is 0.611. The van der Waals surface area contributed by atoms with Crippen LogP contribution in [0.5, 0.6) is 0 Å². The molecule has 0 aliphatic carbocycles. The van der Waals surface area contributed by atoms with Crippen molar-refractivity contribution in [2.75, 3.05) is 26.0 Å². The molecule has 0 aromatic carbocycles. The van der Waals surface area contributed by atoms with Gasteiger partial charge in [-0.25, -0.2) is 4.98 Å². The summed E-state index contributed by atoms with van der Waals surface area (Å²) in [5.74, 6) is -0.694. The largest absolute Gasteiger partial charge is 0.383 e. The Bertz CT molecular complexity index is 421. The van der Waals surface area contributed by atoms with Crippen LogP contribution in [0.2, 0.25) is 0 Å². The second-order valence-electron chi connectivity index (χ2n) is 3.55. The first kappa shape index (κ1) is 14.4. The van der Waals surface area contributed by atoms with Gasteiger partial charge in [-0.3, -0.25) is 9.59 Å². The molecule has 1 aromatic heterocycles. The number of rotatable bonds is 6. The van der Waals surface area contributed by atoms with Crippen LogP contribution in [0.3, 0.4) is 0 Å². The molecule has 1 heterocycles. The van der Waals surface area contributed by atoms with Crippen LogP contribution in [0.25, 0.3) is 0 Å². The zero-order valence-corrected chi connectivity index (χ0v) is 11.0. The predicted molar refractivity (Wildman–Crippen MR) is 68.3 cm³/mol. The van der Waals surface area contributed by atoms with Crippen LogP contribution in [0.15, 0.2) is 5.38 Å². The van der Waals surface area contributed by atoms with Gasteiger partial charge >= 0.3 is 0 Å². The summed E-state index contributed by atoms with van der Waals surface area (Å²) in [4.78, 5) is 27.1. The minimum atomic E-state index is -0.641. The average Bonchev–Trinajstić information content (AvgIpc) is 2.76. The average molecular weight is 272 g/mol. The number of nitrogens with zero attached hydrogens (tertiary/aromatic N) is 1. The molecule has 0 saturated heterocycles. The van der Waals surface area contributed by atoms with Crippen LogP contribution in [0.4, 0.5) is 5.13 Å². The van der Waals surface area contributed by atoms with Gasteiger partial charge in [-0.1, -0.05) is 0 Å². The van der Waals surface area contributed by atoms with Gasteiger partial charge in [0, 0.05) is 19.0 Å². The number of carbonyl (C=O) groups excluding carboxylic acids is 2. The maximum atomic E-state index is 11.7. The highest BCUT2D eigenvalue weighted by molar-refractivity contribution is 7.13. The van der Waals surface area contributed by atoms with Gasteiger partial charge in [0.1, 0.15) is 11.7 Å². The number of nitrogens with two attached hydrogens (primary N) is 1. The van der Waals surface area contributed by atoms with E-state index in [0.29, 0.717) is 18.3 Å². The number of anilines is 1. The zero-order chi connectivity index (χ0) is 13.5. The van der Waals surface area contributed by atoms with E-state index in [0.717, 1.165) is 0 Å². The Morgan fingerprint density at radius 2 is 2.33 bits per heavy atom. The summed E-state index contributed by atoms with van der Waals surface area (Å²) in [5.41, 5.74) is 5.64. The van der Waals surface area contributed by atoms with Crippen LogP contribution >= 0.6 is 11.3 Å². The van der Waals surface area contributed by atoms with Crippen LogP contribution < -0.4 is 16.4 Å². The Balaban J connectivity index is 2.41. The fourth-order valence-electron chi connectivity index (χ4n) is 1.16. The van der Waals surface area contributed by atoms with Gasteiger partial charge in [-0.15, -0.1) is 11.3 Å². The molecule has 100 valence electrons. The van der Waals surface area contributed by atoms with Gasteiger partial charge in [0.2, 0.25) is 5.91 Å². The molecule has 1 unspecified atom stereocenters. The Kier molecular flexibility index (Phi) is 5.53. The molecule has 8 heteroatoms. The van der Waals surface area contributed by atoms with Gasteiger partial charge in [-0.2, -0.15) is 0 Å². The molecule has 1 rings (SSSR count). The van der Waals surface area contributed by atoms with Gasteiger partial charge in [-0.05, 0) is 6.92 Å². The van der Waals surface area contributed by atoms with Crippen molar-refractivity contribution in [2.24, 2.45) is 0 Å². The van der Waals surface area contributed by atoms with Gasteiger partial charge in [0.05, 0.1) is 6.61 Å². The third-order valence-electron chi connectivity index (χ3n) is 2.10. The third kappa shape index (κ3) is 4.30.